The lowest BCUT2D eigenvalue weighted by Crippen LogP contribution is -2.32. The minimum Gasteiger partial charge on any atom is -0.384 e. The first-order valence-corrected chi connectivity index (χ1v) is 7.01. The summed E-state index contributed by atoms with van der Waals surface area (Å²) in [5.41, 5.74) is 4.72. The Bertz CT molecular complexity index is 459. The molecule has 1 aliphatic rings. The molecule has 0 amide bonds. The molecule has 1 fully saturated rings. The number of nitrogens with zero attached hydrogens (tertiary/aromatic N) is 1. The molecule has 1 saturated carbocycles. The van der Waals surface area contributed by atoms with E-state index in [9.17, 15) is 13.2 Å². The highest BCUT2D eigenvalue weighted by atomic mass is 19.4. The highest BCUT2D eigenvalue weighted by Gasteiger charge is 2.32. The molecule has 2 atom stereocenters. The second kappa shape index (κ2) is 5.89. The third-order valence-corrected chi connectivity index (χ3v) is 3.94. The molecule has 20 heavy (non-hydrogen) atoms. The van der Waals surface area contributed by atoms with E-state index in [0.717, 1.165) is 37.8 Å². The van der Waals surface area contributed by atoms with Crippen LogP contribution in [0.15, 0.2) is 12.1 Å². The number of hydrogen-bond donors (Lipinski definition) is 2. The number of rotatable bonds is 3. The van der Waals surface area contributed by atoms with Gasteiger partial charge in [-0.2, -0.15) is 13.2 Å². The van der Waals surface area contributed by atoms with Crippen LogP contribution in [0, 0.1) is 5.92 Å². The first-order chi connectivity index (χ1) is 9.40. The summed E-state index contributed by atoms with van der Waals surface area (Å²) in [4.78, 5) is 3.98. The van der Waals surface area contributed by atoms with Crippen molar-refractivity contribution < 1.29 is 13.2 Å². The second-order valence-corrected chi connectivity index (χ2v) is 5.37. The smallest absolute Gasteiger partial charge is 0.384 e. The fraction of sp³-hybridized carbons (Fsp3) is 0.643. The summed E-state index contributed by atoms with van der Waals surface area (Å²) in [7, 11) is 0. The van der Waals surface area contributed by atoms with E-state index in [4.69, 9.17) is 5.73 Å². The number of nitrogens with one attached hydrogen (secondary N) is 1. The largest absolute Gasteiger partial charge is 0.416 e. The zero-order valence-electron chi connectivity index (χ0n) is 11.5. The van der Waals surface area contributed by atoms with Gasteiger partial charge in [0.15, 0.2) is 0 Å². The van der Waals surface area contributed by atoms with Gasteiger partial charge < -0.3 is 11.1 Å². The van der Waals surface area contributed by atoms with Gasteiger partial charge >= 0.3 is 6.18 Å². The molecule has 6 heteroatoms. The van der Waals surface area contributed by atoms with Crippen LogP contribution in [0.5, 0.6) is 0 Å². The molecule has 112 valence electrons. The molecule has 0 aromatic carbocycles. The predicted molar refractivity (Wildman–Crippen MR) is 73.3 cm³/mol. The third kappa shape index (κ3) is 3.55. The molecule has 0 spiro atoms. The summed E-state index contributed by atoms with van der Waals surface area (Å²) in [6.45, 7) is 2.11. The average Bonchev–Trinajstić information content (AvgIpc) is 2.37. The van der Waals surface area contributed by atoms with E-state index in [2.05, 4.69) is 17.2 Å². The molecular formula is C14H20F3N3. The van der Waals surface area contributed by atoms with Gasteiger partial charge in [0.2, 0.25) is 0 Å². The number of halogens is 3. The summed E-state index contributed by atoms with van der Waals surface area (Å²) in [5.74, 6) is 0.607. The number of nitrogens with two attached hydrogens (primary N) is 1. The van der Waals surface area contributed by atoms with E-state index in [1.54, 1.807) is 0 Å². The van der Waals surface area contributed by atoms with Crippen molar-refractivity contribution in [2.75, 3.05) is 11.1 Å². The molecule has 0 bridgehead atoms. The summed E-state index contributed by atoms with van der Waals surface area (Å²) in [5, 5.41) is 3.14. The number of nitrogen functional groups attached to an aromatic ring is 1. The van der Waals surface area contributed by atoms with E-state index in [1.165, 1.54) is 6.42 Å². The topological polar surface area (TPSA) is 50.9 Å². The van der Waals surface area contributed by atoms with Gasteiger partial charge in [0.1, 0.15) is 11.6 Å². The lowest BCUT2D eigenvalue weighted by atomic mass is 9.83. The molecule has 1 aliphatic carbocycles. The SMILES string of the molecule is CCC1CCCCC1Nc1cc(C(F)(F)F)cc(N)n1. The number of anilines is 2. The van der Waals surface area contributed by atoms with Crippen LogP contribution in [-0.4, -0.2) is 11.0 Å². The normalized spacial score (nSPS) is 23.6. The monoisotopic (exact) mass is 287 g/mol. The van der Waals surface area contributed by atoms with E-state index in [1.807, 2.05) is 0 Å². The molecule has 2 rings (SSSR count). The Balaban J connectivity index is 2.18. The van der Waals surface area contributed by atoms with Crippen molar-refractivity contribution in [1.29, 1.82) is 0 Å². The molecule has 1 heterocycles. The van der Waals surface area contributed by atoms with Crippen LogP contribution in [0.4, 0.5) is 24.8 Å². The van der Waals surface area contributed by atoms with E-state index >= 15 is 0 Å². The summed E-state index contributed by atoms with van der Waals surface area (Å²) >= 11 is 0. The minimum atomic E-state index is -4.40. The number of hydrogen-bond acceptors (Lipinski definition) is 3. The quantitative estimate of drug-likeness (QED) is 0.881. The fourth-order valence-electron chi connectivity index (χ4n) is 2.87. The van der Waals surface area contributed by atoms with Gasteiger partial charge in [0, 0.05) is 6.04 Å². The molecule has 1 aromatic rings. The van der Waals surface area contributed by atoms with E-state index in [0.29, 0.717) is 5.92 Å². The summed E-state index contributed by atoms with van der Waals surface area (Å²) in [6.07, 6.45) is 0.993. The summed E-state index contributed by atoms with van der Waals surface area (Å²) in [6, 6.07) is 2.09. The van der Waals surface area contributed by atoms with Crippen LogP contribution in [0.1, 0.15) is 44.6 Å². The molecule has 0 aliphatic heterocycles. The van der Waals surface area contributed by atoms with Crippen LogP contribution in [0.25, 0.3) is 0 Å². The lowest BCUT2D eigenvalue weighted by Gasteiger charge is -2.32. The first kappa shape index (κ1) is 14.9. The van der Waals surface area contributed by atoms with Crippen LogP contribution in [-0.2, 0) is 6.18 Å². The van der Waals surface area contributed by atoms with Gasteiger partial charge in [0.25, 0.3) is 0 Å². The van der Waals surface area contributed by atoms with Crippen LogP contribution in [0.2, 0.25) is 0 Å². The van der Waals surface area contributed by atoms with Gasteiger partial charge in [-0.25, -0.2) is 4.98 Å². The van der Waals surface area contributed by atoms with Crippen molar-refractivity contribution in [2.24, 2.45) is 5.92 Å². The number of pyridine rings is 1. The molecule has 0 radical (unpaired) electrons. The molecule has 1 aromatic heterocycles. The van der Waals surface area contributed by atoms with Gasteiger partial charge in [0.05, 0.1) is 5.56 Å². The predicted octanol–water partition coefficient (Wildman–Crippen LogP) is 4.06. The van der Waals surface area contributed by atoms with E-state index in [-0.39, 0.29) is 17.7 Å². The molecule has 3 N–H and O–H groups in total. The first-order valence-electron chi connectivity index (χ1n) is 7.01. The standard InChI is InChI=1S/C14H20F3N3/c1-2-9-5-3-4-6-11(9)19-13-8-10(14(15,16)17)7-12(18)20-13/h7-9,11H,2-6H2,1H3,(H3,18,19,20). The lowest BCUT2D eigenvalue weighted by molar-refractivity contribution is -0.137. The Morgan fingerprint density at radius 1 is 1.30 bits per heavy atom. The van der Waals surface area contributed by atoms with Gasteiger partial charge in [-0.05, 0) is 30.9 Å². The van der Waals surface area contributed by atoms with Crippen molar-refractivity contribution in [3.63, 3.8) is 0 Å². The molecule has 3 nitrogen and oxygen atoms in total. The molecule has 2 unspecified atom stereocenters. The van der Waals surface area contributed by atoms with Crippen molar-refractivity contribution in [3.8, 4) is 0 Å². The maximum Gasteiger partial charge on any atom is 0.416 e. The van der Waals surface area contributed by atoms with Crippen molar-refractivity contribution >= 4 is 11.6 Å². The highest BCUT2D eigenvalue weighted by molar-refractivity contribution is 5.48. The maximum atomic E-state index is 12.8. The van der Waals surface area contributed by atoms with Crippen LogP contribution in [0.3, 0.4) is 0 Å². The van der Waals surface area contributed by atoms with Crippen molar-refractivity contribution in [1.82, 2.24) is 4.98 Å². The minimum absolute atomic E-state index is 0.105. The van der Waals surface area contributed by atoms with Crippen LogP contribution >= 0.6 is 0 Å². The zero-order valence-corrected chi connectivity index (χ0v) is 11.5. The third-order valence-electron chi connectivity index (χ3n) is 3.94. The van der Waals surface area contributed by atoms with Crippen molar-refractivity contribution in [3.05, 3.63) is 17.7 Å². The molecular weight excluding hydrogens is 267 g/mol. The second-order valence-electron chi connectivity index (χ2n) is 5.37. The Kier molecular flexibility index (Phi) is 4.40. The zero-order chi connectivity index (χ0) is 14.8. The Morgan fingerprint density at radius 2 is 2.00 bits per heavy atom. The highest BCUT2D eigenvalue weighted by Crippen LogP contribution is 2.33. The Hall–Kier alpha value is -1.46. The fourth-order valence-corrected chi connectivity index (χ4v) is 2.87. The summed E-state index contributed by atoms with van der Waals surface area (Å²) < 4.78 is 38.3. The van der Waals surface area contributed by atoms with Gasteiger partial charge in [-0.1, -0.05) is 26.2 Å². The molecule has 0 saturated heterocycles. The Labute approximate surface area is 116 Å². The van der Waals surface area contributed by atoms with Crippen molar-refractivity contribution in [2.45, 2.75) is 51.2 Å². The Morgan fingerprint density at radius 3 is 2.65 bits per heavy atom. The van der Waals surface area contributed by atoms with Gasteiger partial charge in [-0.15, -0.1) is 0 Å². The number of aromatic nitrogens is 1. The van der Waals surface area contributed by atoms with Crippen LogP contribution < -0.4 is 11.1 Å². The number of alkyl halides is 3. The van der Waals surface area contributed by atoms with Gasteiger partial charge in [-0.3, -0.25) is 0 Å². The van der Waals surface area contributed by atoms with E-state index < -0.39 is 11.7 Å². The maximum absolute atomic E-state index is 12.8. The average molecular weight is 287 g/mol.